The molecule has 28 heavy (non-hydrogen) atoms. The number of hydrogen-bond donors (Lipinski definition) is 1. The molecular weight excluding hydrogens is 380 g/mol. The highest BCUT2D eigenvalue weighted by atomic mass is 32.2. The molecule has 8 heteroatoms. The van der Waals surface area contributed by atoms with Crippen LogP contribution in [0.15, 0.2) is 36.4 Å². The quantitative estimate of drug-likeness (QED) is 0.747. The number of amides is 1. The van der Waals surface area contributed by atoms with Crippen LogP contribution in [0.25, 0.3) is 0 Å². The third kappa shape index (κ3) is 4.89. The van der Waals surface area contributed by atoms with E-state index in [0.717, 1.165) is 21.7 Å². The van der Waals surface area contributed by atoms with E-state index in [9.17, 15) is 18.0 Å². The molecule has 0 aliphatic rings. The van der Waals surface area contributed by atoms with Gasteiger partial charge in [0.25, 0.3) is 5.91 Å². The van der Waals surface area contributed by atoms with Gasteiger partial charge in [0.1, 0.15) is 0 Å². The van der Waals surface area contributed by atoms with Crippen molar-refractivity contribution in [2.75, 3.05) is 29.5 Å². The van der Waals surface area contributed by atoms with E-state index >= 15 is 0 Å². The maximum atomic E-state index is 12.7. The van der Waals surface area contributed by atoms with E-state index < -0.39 is 21.9 Å². The fourth-order valence-electron chi connectivity index (χ4n) is 2.56. The highest BCUT2D eigenvalue weighted by Gasteiger charge is 2.17. The van der Waals surface area contributed by atoms with Gasteiger partial charge in [0.05, 0.1) is 24.1 Å². The van der Waals surface area contributed by atoms with Crippen LogP contribution in [0.3, 0.4) is 0 Å². The number of ether oxygens (including phenoxy) is 1. The lowest BCUT2D eigenvalue weighted by Crippen LogP contribution is -2.26. The molecule has 0 bridgehead atoms. The normalized spacial score (nSPS) is 11.0. The molecule has 0 atom stereocenters. The molecule has 0 saturated carbocycles. The summed E-state index contributed by atoms with van der Waals surface area (Å²) in [6.45, 7) is 5.56. The zero-order chi connectivity index (χ0) is 21.1. The fourth-order valence-corrected chi connectivity index (χ4v) is 3.12. The predicted molar refractivity (Wildman–Crippen MR) is 110 cm³/mol. The Morgan fingerprint density at radius 1 is 1.04 bits per heavy atom. The molecule has 0 saturated heterocycles. The Labute approximate surface area is 165 Å². The molecule has 2 aromatic rings. The molecule has 0 radical (unpaired) electrons. The van der Waals surface area contributed by atoms with Crippen molar-refractivity contribution < 1.29 is 22.7 Å². The van der Waals surface area contributed by atoms with Gasteiger partial charge in [0, 0.05) is 18.3 Å². The van der Waals surface area contributed by atoms with Gasteiger partial charge in [-0.1, -0.05) is 12.1 Å². The number of nitrogens with one attached hydrogen (secondary N) is 1. The van der Waals surface area contributed by atoms with Gasteiger partial charge in [-0.2, -0.15) is 0 Å². The number of sulfonamides is 1. The van der Waals surface area contributed by atoms with Crippen molar-refractivity contribution in [1.29, 1.82) is 0 Å². The number of esters is 1. The Bertz CT molecular complexity index is 1020. The summed E-state index contributed by atoms with van der Waals surface area (Å²) in [6, 6.07) is 9.75. The Balaban J connectivity index is 2.33. The van der Waals surface area contributed by atoms with Crippen LogP contribution >= 0.6 is 0 Å². The van der Waals surface area contributed by atoms with Crippen molar-refractivity contribution in [2.45, 2.75) is 20.8 Å². The number of benzene rings is 2. The van der Waals surface area contributed by atoms with Gasteiger partial charge in [-0.3, -0.25) is 9.10 Å². The van der Waals surface area contributed by atoms with Gasteiger partial charge in [-0.25, -0.2) is 13.2 Å². The molecule has 0 aliphatic heterocycles. The van der Waals surface area contributed by atoms with E-state index in [0.29, 0.717) is 22.5 Å². The second kappa shape index (κ2) is 8.43. The van der Waals surface area contributed by atoms with Crippen molar-refractivity contribution in [2.24, 2.45) is 0 Å². The Hall–Kier alpha value is -2.87. The lowest BCUT2D eigenvalue weighted by molar-refractivity contribution is 0.0526. The third-order valence-electron chi connectivity index (χ3n) is 4.30. The summed E-state index contributed by atoms with van der Waals surface area (Å²) in [4.78, 5) is 24.6. The lowest BCUT2D eigenvalue weighted by Gasteiger charge is -2.20. The molecule has 0 heterocycles. The Kier molecular flexibility index (Phi) is 6.45. The highest BCUT2D eigenvalue weighted by Crippen LogP contribution is 2.24. The Morgan fingerprint density at radius 2 is 1.64 bits per heavy atom. The molecule has 0 fully saturated rings. The smallest absolute Gasteiger partial charge is 0.338 e. The van der Waals surface area contributed by atoms with Crippen molar-refractivity contribution >= 4 is 33.3 Å². The van der Waals surface area contributed by atoms with E-state index in [4.69, 9.17) is 4.74 Å². The number of aryl methyl sites for hydroxylation is 2. The van der Waals surface area contributed by atoms with Gasteiger partial charge in [-0.15, -0.1) is 0 Å². The predicted octanol–water partition coefficient (Wildman–Crippen LogP) is 3.13. The van der Waals surface area contributed by atoms with Crippen LogP contribution in [0.4, 0.5) is 11.4 Å². The van der Waals surface area contributed by atoms with E-state index in [1.807, 2.05) is 6.92 Å². The van der Waals surface area contributed by atoms with Gasteiger partial charge in [0.15, 0.2) is 0 Å². The fraction of sp³-hybridized carbons (Fsp3) is 0.300. The molecule has 0 unspecified atom stereocenters. The molecule has 1 amide bonds. The first-order valence-electron chi connectivity index (χ1n) is 8.68. The van der Waals surface area contributed by atoms with Crippen LogP contribution in [0, 0.1) is 13.8 Å². The monoisotopic (exact) mass is 404 g/mol. The van der Waals surface area contributed by atoms with Crippen molar-refractivity contribution in [3.63, 3.8) is 0 Å². The van der Waals surface area contributed by atoms with Gasteiger partial charge in [0.2, 0.25) is 10.0 Å². The highest BCUT2D eigenvalue weighted by molar-refractivity contribution is 7.92. The second-order valence-corrected chi connectivity index (χ2v) is 8.45. The minimum Gasteiger partial charge on any atom is -0.462 e. The molecule has 0 aromatic heterocycles. The average Bonchev–Trinajstić information content (AvgIpc) is 2.62. The first-order valence-corrected chi connectivity index (χ1v) is 10.5. The van der Waals surface area contributed by atoms with Crippen LogP contribution in [0.2, 0.25) is 0 Å². The van der Waals surface area contributed by atoms with E-state index in [2.05, 4.69) is 5.32 Å². The van der Waals surface area contributed by atoms with E-state index in [1.54, 1.807) is 44.2 Å². The zero-order valence-electron chi connectivity index (χ0n) is 16.6. The standard InChI is InChI=1S/C20H24N2O5S/c1-6-27-20(24)16-10-7-13(2)17(11-16)21-19(23)15-9-8-14(3)18(12-15)22(4)28(5,25)26/h7-12H,6H2,1-5H3,(H,21,23). The van der Waals surface area contributed by atoms with Crippen LogP contribution in [-0.4, -0.2) is 40.2 Å². The number of anilines is 2. The second-order valence-electron chi connectivity index (χ2n) is 6.44. The summed E-state index contributed by atoms with van der Waals surface area (Å²) in [7, 11) is -2.02. The van der Waals surface area contributed by atoms with Crippen LogP contribution in [-0.2, 0) is 14.8 Å². The van der Waals surface area contributed by atoms with E-state index in [-0.39, 0.29) is 6.61 Å². The number of carbonyl (C=O) groups excluding carboxylic acids is 2. The largest absolute Gasteiger partial charge is 0.462 e. The van der Waals surface area contributed by atoms with Crippen LogP contribution < -0.4 is 9.62 Å². The number of nitrogens with zero attached hydrogens (tertiary/aromatic N) is 1. The topological polar surface area (TPSA) is 92.8 Å². The minimum atomic E-state index is -3.46. The maximum absolute atomic E-state index is 12.7. The lowest BCUT2D eigenvalue weighted by atomic mass is 10.1. The van der Waals surface area contributed by atoms with E-state index in [1.165, 1.54) is 13.1 Å². The summed E-state index contributed by atoms with van der Waals surface area (Å²) >= 11 is 0. The average molecular weight is 404 g/mol. The summed E-state index contributed by atoms with van der Waals surface area (Å²) < 4.78 is 29.8. The van der Waals surface area contributed by atoms with Crippen LogP contribution in [0.5, 0.6) is 0 Å². The molecule has 2 rings (SSSR count). The number of hydrogen-bond acceptors (Lipinski definition) is 5. The SMILES string of the molecule is CCOC(=O)c1ccc(C)c(NC(=O)c2ccc(C)c(N(C)S(C)(=O)=O)c2)c1. The summed E-state index contributed by atoms with van der Waals surface area (Å²) in [5.41, 5.74) is 3.05. The molecule has 0 aliphatic carbocycles. The first-order chi connectivity index (χ1) is 13.0. The maximum Gasteiger partial charge on any atom is 0.338 e. The molecule has 0 spiro atoms. The zero-order valence-corrected chi connectivity index (χ0v) is 17.4. The number of carbonyl (C=O) groups is 2. The molecule has 2 aromatic carbocycles. The van der Waals surface area contributed by atoms with Gasteiger partial charge < -0.3 is 10.1 Å². The number of rotatable bonds is 6. The molecule has 1 N–H and O–H groups in total. The Morgan fingerprint density at radius 3 is 2.25 bits per heavy atom. The van der Waals surface area contributed by atoms with Crippen molar-refractivity contribution in [3.8, 4) is 0 Å². The summed E-state index contributed by atoms with van der Waals surface area (Å²) in [5.74, 6) is -0.877. The summed E-state index contributed by atoms with van der Waals surface area (Å²) in [6.07, 6.45) is 1.10. The minimum absolute atomic E-state index is 0.258. The molecular formula is C20H24N2O5S. The summed E-state index contributed by atoms with van der Waals surface area (Å²) in [5, 5.41) is 2.77. The molecule has 150 valence electrons. The van der Waals surface area contributed by atoms with Crippen molar-refractivity contribution in [3.05, 3.63) is 58.7 Å². The first kappa shape index (κ1) is 21.4. The third-order valence-corrected chi connectivity index (χ3v) is 5.50. The van der Waals surface area contributed by atoms with Crippen molar-refractivity contribution in [1.82, 2.24) is 0 Å². The van der Waals surface area contributed by atoms with Gasteiger partial charge >= 0.3 is 5.97 Å². The van der Waals surface area contributed by atoms with Crippen LogP contribution in [0.1, 0.15) is 38.8 Å². The molecule has 7 nitrogen and oxygen atoms in total. The van der Waals surface area contributed by atoms with Gasteiger partial charge in [-0.05, 0) is 56.2 Å².